The van der Waals surface area contributed by atoms with E-state index in [0.717, 1.165) is 0 Å². The van der Waals surface area contributed by atoms with Crippen molar-refractivity contribution in [1.29, 1.82) is 0 Å². The van der Waals surface area contributed by atoms with Crippen molar-refractivity contribution in [3.05, 3.63) is 33.5 Å². The van der Waals surface area contributed by atoms with Crippen LogP contribution in [0.5, 0.6) is 0 Å². The lowest BCUT2D eigenvalue weighted by Crippen LogP contribution is -2.24. The Morgan fingerprint density at radius 2 is 2.14 bits per heavy atom. The summed E-state index contributed by atoms with van der Waals surface area (Å²) in [6.07, 6.45) is -2.77. The molecule has 1 aliphatic rings. The first kappa shape index (κ1) is 10.7. The second kappa shape index (κ2) is 3.43. The van der Waals surface area contributed by atoms with Crippen molar-refractivity contribution in [3.63, 3.8) is 0 Å². The van der Waals surface area contributed by atoms with Gasteiger partial charge in [-0.2, -0.15) is 13.2 Å². The van der Waals surface area contributed by atoms with E-state index in [4.69, 9.17) is 0 Å². The summed E-state index contributed by atoms with van der Waals surface area (Å²) in [5, 5.41) is 10.3. The molecule has 14 heavy (non-hydrogen) atoms. The molecule has 78 valence electrons. The number of rotatable bonds is 1. The van der Waals surface area contributed by atoms with Crippen molar-refractivity contribution >= 4 is 0 Å². The summed E-state index contributed by atoms with van der Waals surface area (Å²) in [6, 6.07) is 0. The van der Waals surface area contributed by atoms with E-state index in [-0.39, 0.29) is 6.42 Å². The van der Waals surface area contributed by atoms with E-state index in [1.807, 2.05) is 0 Å². The lowest BCUT2D eigenvalue weighted by molar-refractivity contribution is -0.420. The maximum absolute atomic E-state index is 12.3. The quantitative estimate of drug-likeness (QED) is 0.490. The third-order valence-corrected chi connectivity index (χ3v) is 1.94. The molecule has 0 heterocycles. The van der Waals surface area contributed by atoms with Gasteiger partial charge >= 0.3 is 6.18 Å². The molecule has 0 amide bonds. The highest BCUT2D eigenvalue weighted by Crippen LogP contribution is 2.35. The van der Waals surface area contributed by atoms with Crippen LogP contribution >= 0.6 is 0 Å². The van der Waals surface area contributed by atoms with E-state index in [1.165, 1.54) is 13.0 Å². The standard InChI is InChI=1S/C8H8F3NO2/c1-5-2-6(8(9,10)11)4-7(3-5)12(13)14/h3-4,6H,2H2,1H3. The van der Waals surface area contributed by atoms with Crippen LogP contribution in [0.2, 0.25) is 0 Å². The summed E-state index contributed by atoms with van der Waals surface area (Å²) in [7, 11) is 0. The van der Waals surface area contributed by atoms with Gasteiger partial charge in [-0.15, -0.1) is 0 Å². The highest BCUT2D eigenvalue weighted by molar-refractivity contribution is 5.24. The Bertz CT molecular complexity index is 317. The number of allylic oxidation sites excluding steroid dienone is 3. The second-order valence-electron chi connectivity index (χ2n) is 3.19. The first-order chi connectivity index (χ1) is 6.30. The van der Waals surface area contributed by atoms with E-state index in [0.29, 0.717) is 11.6 Å². The topological polar surface area (TPSA) is 43.1 Å². The summed E-state index contributed by atoms with van der Waals surface area (Å²) in [5.41, 5.74) is -0.0994. The van der Waals surface area contributed by atoms with Gasteiger partial charge in [-0.1, -0.05) is 5.57 Å². The Balaban J connectivity index is 2.97. The number of halogens is 3. The van der Waals surface area contributed by atoms with Gasteiger partial charge in [-0.25, -0.2) is 0 Å². The fourth-order valence-electron chi connectivity index (χ4n) is 1.30. The largest absolute Gasteiger partial charge is 0.395 e. The Hall–Kier alpha value is -1.33. The van der Waals surface area contributed by atoms with Gasteiger partial charge in [-0.05, 0) is 13.3 Å². The third kappa shape index (κ3) is 2.34. The summed E-state index contributed by atoms with van der Waals surface area (Å²) >= 11 is 0. The molecule has 1 atom stereocenters. The monoisotopic (exact) mass is 207 g/mol. The van der Waals surface area contributed by atoms with E-state index in [9.17, 15) is 23.3 Å². The molecule has 0 saturated carbocycles. The summed E-state index contributed by atoms with van der Waals surface area (Å²) < 4.78 is 36.8. The zero-order valence-electron chi connectivity index (χ0n) is 7.34. The Morgan fingerprint density at radius 3 is 2.57 bits per heavy atom. The molecule has 0 aromatic heterocycles. The zero-order chi connectivity index (χ0) is 10.9. The van der Waals surface area contributed by atoms with Crippen LogP contribution in [0, 0.1) is 16.0 Å². The summed E-state index contributed by atoms with van der Waals surface area (Å²) in [4.78, 5) is 9.49. The molecule has 0 radical (unpaired) electrons. The molecule has 3 nitrogen and oxygen atoms in total. The van der Waals surface area contributed by atoms with Crippen molar-refractivity contribution in [2.24, 2.45) is 5.92 Å². The van der Waals surface area contributed by atoms with Crippen LogP contribution in [0.3, 0.4) is 0 Å². The number of hydrogen-bond donors (Lipinski definition) is 0. The lowest BCUT2D eigenvalue weighted by Gasteiger charge is -2.19. The maximum Gasteiger partial charge on any atom is 0.395 e. The Labute approximate surface area is 78.1 Å². The van der Waals surface area contributed by atoms with Gasteiger partial charge in [0.15, 0.2) is 0 Å². The van der Waals surface area contributed by atoms with Crippen molar-refractivity contribution in [2.75, 3.05) is 0 Å². The molecule has 1 rings (SSSR count). The van der Waals surface area contributed by atoms with Crippen LogP contribution in [0.25, 0.3) is 0 Å². The molecule has 0 bridgehead atoms. The predicted molar refractivity (Wildman–Crippen MR) is 43.0 cm³/mol. The number of nitrogens with zero attached hydrogens (tertiary/aromatic N) is 1. The van der Waals surface area contributed by atoms with Crippen LogP contribution in [0.1, 0.15) is 13.3 Å². The van der Waals surface area contributed by atoms with Gasteiger partial charge in [0.1, 0.15) is 0 Å². The molecule has 1 unspecified atom stereocenters. The average molecular weight is 207 g/mol. The number of alkyl halides is 3. The first-order valence-corrected chi connectivity index (χ1v) is 3.91. The Morgan fingerprint density at radius 1 is 1.57 bits per heavy atom. The van der Waals surface area contributed by atoms with Gasteiger partial charge in [0.05, 0.1) is 10.8 Å². The molecular formula is C8H8F3NO2. The molecule has 0 spiro atoms. The maximum atomic E-state index is 12.3. The van der Waals surface area contributed by atoms with Crippen molar-refractivity contribution in [3.8, 4) is 0 Å². The molecule has 0 aliphatic heterocycles. The molecule has 0 fully saturated rings. The van der Waals surface area contributed by atoms with E-state index < -0.39 is 22.7 Å². The number of hydrogen-bond acceptors (Lipinski definition) is 2. The normalized spacial score (nSPS) is 22.7. The summed E-state index contributed by atoms with van der Waals surface area (Å²) in [6.45, 7) is 1.45. The van der Waals surface area contributed by atoms with Crippen molar-refractivity contribution in [2.45, 2.75) is 19.5 Å². The highest BCUT2D eigenvalue weighted by Gasteiger charge is 2.40. The molecule has 0 aromatic rings. The zero-order valence-corrected chi connectivity index (χ0v) is 7.34. The highest BCUT2D eigenvalue weighted by atomic mass is 19.4. The number of nitro groups is 1. The lowest BCUT2D eigenvalue weighted by atomic mass is 9.93. The fraction of sp³-hybridized carbons (Fsp3) is 0.500. The van der Waals surface area contributed by atoms with Crippen molar-refractivity contribution < 1.29 is 18.1 Å². The third-order valence-electron chi connectivity index (χ3n) is 1.94. The van der Waals surface area contributed by atoms with Gasteiger partial charge in [0, 0.05) is 12.2 Å². The minimum absolute atomic E-state index is 0.194. The minimum atomic E-state index is -4.41. The molecule has 6 heteroatoms. The SMILES string of the molecule is CC1=CC([N+](=O)[O-])=CC(C(F)(F)F)C1. The van der Waals surface area contributed by atoms with Crippen molar-refractivity contribution in [1.82, 2.24) is 0 Å². The van der Waals surface area contributed by atoms with Crippen LogP contribution < -0.4 is 0 Å². The van der Waals surface area contributed by atoms with Crippen LogP contribution in [-0.4, -0.2) is 11.1 Å². The molecule has 0 N–H and O–H groups in total. The summed E-state index contributed by atoms with van der Waals surface area (Å²) in [5.74, 6) is -1.73. The molecule has 0 saturated heterocycles. The molecule has 0 aromatic carbocycles. The average Bonchev–Trinajstić information content (AvgIpc) is 2.01. The second-order valence-corrected chi connectivity index (χ2v) is 3.19. The first-order valence-electron chi connectivity index (χ1n) is 3.91. The van der Waals surface area contributed by atoms with Gasteiger partial charge < -0.3 is 0 Å². The van der Waals surface area contributed by atoms with Gasteiger partial charge in [0.2, 0.25) is 0 Å². The van der Waals surface area contributed by atoms with E-state index in [2.05, 4.69) is 0 Å². The van der Waals surface area contributed by atoms with Gasteiger partial charge in [0.25, 0.3) is 5.70 Å². The van der Waals surface area contributed by atoms with Gasteiger partial charge in [-0.3, -0.25) is 10.1 Å². The minimum Gasteiger partial charge on any atom is -0.258 e. The smallest absolute Gasteiger partial charge is 0.258 e. The van der Waals surface area contributed by atoms with Crippen LogP contribution in [0.15, 0.2) is 23.4 Å². The van der Waals surface area contributed by atoms with Crippen LogP contribution in [0.4, 0.5) is 13.2 Å². The van der Waals surface area contributed by atoms with E-state index in [1.54, 1.807) is 0 Å². The fourth-order valence-corrected chi connectivity index (χ4v) is 1.30. The predicted octanol–water partition coefficient (Wildman–Crippen LogP) is 2.68. The molecular weight excluding hydrogens is 199 g/mol. The Kier molecular flexibility index (Phi) is 2.64. The van der Waals surface area contributed by atoms with Crippen LogP contribution in [-0.2, 0) is 0 Å². The molecule has 1 aliphatic carbocycles. The van der Waals surface area contributed by atoms with E-state index >= 15 is 0 Å².